The number of nitrogens with zero attached hydrogens (tertiary/aromatic N) is 4. The average Bonchev–Trinajstić information content (AvgIpc) is 3.22. The Balaban J connectivity index is 1.37. The summed E-state index contributed by atoms with van der Waals surface area (Å²) in [5, 5.41) is 10.1. The lowest BCUT2D eigenvalue weighted by Crippen LogP contribution is -2.54. The van der Waals surface area contributed by atoms with Crippen LogP contribution in [0.3, 0.4) is 0 Å². The first kappa shape index (κ1) is 19.3. The van der Waals surface area contributed by atoms with Crippen molar-refractivity contribution in [1.29, 1.82) is 0 Å². The van der Waals surface area contributed by atoms with Crippen molar-refractivity contribution in [3.8, 4) is 5.88 Å². The van der Waals surface area contributed by atoms with Crippen LogP contribution in [0.25, 0.3) is 0 Å². The Bertz CT molecular complexity index is 926. The van der Waals surface area contributed by atoms with Gasteiger partial charge in [0.05, 0.1) is 32.7 Å². The van der Waals surface area contributed by atoms with Crippen molar-refractivity contribution in [2.75, 3.05) is 44.8 Å². The monoisotopic (exact) mass is 410 g/mol. The van der Waals surface area contributed by atoms with Crippen LogP contribution in [0.15, 0.2) is 42.7 Å². The predicted octanol–water partition coefficient (Wildman–Crippen LogP) is 0.752. The Hall–Kier alpha value is -2.71. The van der Waals surface area contributed by atoms with Crippen LogP contribution in [0, 0.1) is 11.8 Å². The lowest BCUT2D eigenvalue weighted by molar-refractivity contribution is -0.132. The number of amides is 1. The Morgan fingerprint density at radius 1 is 1.27 bits per heavy atom. The molecule has 158 valence electrons. The average molecular weight is 410 g/mol. The van der Waals surface area contributed by atoms with Crippen molar-refractivity contribution in [3.05, 3.63) is 48.3 Å². The maximum atomic E-state index is 13.0. The Labute approximate surface area is 175 Å². The summed E-state index contributed by atoms with van der Waals surface area (Å²) >= 11 is 0. The number of carbonyl (C=O) groups is 1. The van der Waals surface area contributed by atoms with Crippen molar-refractivity contribution in [2.45, 2.75) is 18.1 Å². The molecular formula is C22H26N4O4. The first-order valence-corrected chi connectivity index (χ1v) is 10.3. The predicted molar refractivity (Wildman–Crippen MR) is 109 cm³/mol. The fraction of sp³-hybridized carbons (Fsp3) is 0.500. The molecule has 1 spiro atoms. The van der Waals surface area contributed by atoms with Crippen LogP contribution in [0.5, 0.6) is 5.88 Å². The summed E-state index contributed by atoms with van der Waals surface area (Å²) in [6.45, 7) is 2.49. The highest BCUT2D eigenvalue weighted by atomic mass is 16.5. The molecule has 30 heavy (non-hydrogen) atoms. The standard InChI is InChI=1S/C22H26N4O4/c1-29-20-8-19(23-14-24-20)25-10-18-16(11-27)17-9-26(13-22(17,12-25)30-18)21(28)7-15-5-3-2-4-6-15/h2-6,8,14,16-18,27H,7,9-13H2,1H3/t16-,17+,18+,22+/m0/s1. The second kappa shape index (κ2) is 7.52. The molecule has 4 atom stereocenters. The zero-order valence-electron chi connectivity index (χ0n) is 17.0. The molecule has 2 bridgehead atoms. The number of hydrogen-bond donors (Lipinski definition) is 1. The maximum absolute atomic E-state index is 13.0. The van der Waals surface area contributed by atoms with E-state index in [4.69, 9.17) is 9.47 Å². The van der Waals surface area contributed by atoms with Gasteiger partial charge in [0, 0.05) is 37.6 Å². The highest BCUT2D eigenvalue weighted by molar-refractivity contribution is 5.79. The Kier molecular flexibility index (Phi) is 4.83. The minimum Gasteiger partial charge on any atom is -0.481 e. The number of morpholine rings is 1. The van der Waals surface area contributed by atoms with Crippen LogP contribution in [-0.2, 0) is 16.0 Å². The number of rotatable bonds is 5. The van der Waals surface area contributed by atoms with Gasteiger partial charge in [-0.1, -0.05) is 30.3 Å². The molecule has 3 fully saturated rings. The summed E-state index contributed by atoms with van der Waals surface area (Å²) in [4.78, 5) is 25.6. The SMILES string of the molecule is COc1cc(N2C[C@H]3O[C@@]4(CN(C(=O)Cc5ccccc5)C[C@@H]4[C@@H]3CO)C2)ncn1. The van der Waals surface area contributed by atoms with E-state index in [-0.39, 0.29) is 30.5 Å². The molecule has 8 nitrogen and oxygen atoms in total. The molecule has 1 N–H and O–H groups in total. The largest absolute Gasteiger partial charge is 0.481 e. The number of aliphatic hydroxyl groups is 1. The van der Waals surface area contributed by atoms with Crippen molar-refractivity contribution in [3.63, 3.8) is 0 Å². The highest BCUT2D eigenvalue weighted by Crippen LogP contribution is 2.49. The molecule has 4 heterocycles. The fourth-order valence-corrected chi connectivity index (χ4v) is 5.29. The molecule has 0 saturated carbocycles. The van der Waals surface area contributed by atoms with E-state index in [0.29, 0.717) is 38.5 Å². The Morgan fingerprint density at radius 2 is 2.10 bits per heavy atom. The van der Waals surface area contributed by atoms with Gasteiger partial charge in [-0.3, -0.25) is 4.79 Å². The Morgan fingerprint density at radius 3 is 2.87 bits per heavy atom. The first-order chi connectivity index (χ1) is 14.6. The van der Waals surface area contributed by atoms with Gasteiger partial charge in [-0.25, -0.2) is 9.97 Å². The van der Waals surface area contributed by atoms with E-state index < -0.39 is 5.60 Å². The van der Waals surface area contributed by atoms with Gasteiger partial charge in [0.25, 0.3) is 0 Å². The summed E-state index contributed by atoms with van der Waals surface area (Å²) < 4.78 is 11.7. The molecule has 0 aliphatic carbocycles. The van der Waals surface area contributed by atoms with Crippen molar-refractivity contribution in [2.24, 2.45) is 11.8 Å². The van der Waals surface area contributed by atoms with E-state index in [2.05, 4.69) is 14.9 Å². The third kappa shape index (κ3) is 3.20. The van der Waals surface area contributed by atoms with Gasteiger partial charge in [0.15, 0.2) is 0 Å². The van der Waals surface area contributed by atoms with Crippen LogP contribution in [-0.4, -0.2) is 77.5 Å². The lowest BCUT2D eigenvalue weighted by atomic mass is 9.83. The summed E-state index contributed by atoms with van der Waals surface area (Å²) in [5.41, 5.74) is 0.522. The molecule has 3 saturated heterocycles. The molecule has 3 aliphatic rings. The molecule has 0 unspecified atom stereocenters. The van der Waals surface area contributed by atoms with Gasteiger partial charge < -0.3 is 24.4 Å². The second-order valence-corrected chi connectivity index (χ2v) is 8.41. The number of benzene rings is 1. The van der Waals surface area contributed by atoms with Crippen molar-refractivity contribution in [1.82, 2.24) is 14.9 Å². The zero-order valence-corrected chi connectivity index (χ0v) is 17.0. The van der Waals surface area contributed by atoms with Crippen molar-refractivity contribution < 1.29 is 19.4 Å². The van der Waals surface area contributed by atoms with Crippen LogP contribution in [0.4, 0.5) is 5.82 Å². The number of methoxy groups -OCH3 is 1. The fourth-order valence-electron chi connectivity index (χ4n) is 5.29. The minimum absolute atomic E-state index is 0.00765. The molecule has 2 aromatic rings. The van der Waals surface area contributed by atoms with Gasteiger partial charge in [-0.15, -0.1) is 0 Å². The normalized spacial score (nSPS) is 29.7. The third-order valence-corrected chi connectivity index (χ3v) is 6.71. The van der Waals surface area contributed by atoms with E-state index in [1.54, 1.807) is 7.11 Å². The van der Waals surface area contributed by atoms with E-state index in [0.717, 1.165) is 11.4 Å². The van der Waals surface area contributed by atoms with E-state index in [9.17, 15) is 9.90 Å². The quantitative estimate of drug-likeness (QED) is 0.778. The maximum Gasteiger partial charge on any atom is 0.227 e. The third-order valence-electron chi connectivity index (χ3n) is 6.71. The van der Waals surface area contributed by atoms with Crippen LogP contribution in [0.1, 0.15) is 5.56 Å². The summed E-state index contributed by atoms with van der Waals surface area (Å²) in [6, 6.07) is 11.6. The number of ether oxygens (including phenoxy) is 2. The summed E-state index contributed by atoms with van der Waals surface area (Å²) in [6.07, 6.45) is 1.79. The number of anilines is 1. The summed E-state index contributed by atoms with van der Waals surface area (Å²) in [7, 11) is 1.58. The van der Waals surface area contributed by atoms with E-state index in [1.165, 1.54) is 6.33 Å². The molecule has 0 radical (unpaired) electrons. The smallest absolute Gasteiger partial charge is 0.227 e. The first-order valence-electron chi connectivity index (χ1n) is 10.3. The number of fused-ring (bicyclic) bond motifs is 1. The van der Waals surface area contributed by atoms with Crippen LogP contribution in [0.2, 0.25) is 0 Å². The second-order valence-electron chi connectivity index (χ2n) is 8.41. The topological polar surface area (TPSA) is 88.0 Å². The zero-order chi connectivity index (χ0) is 20.7. The van der Waals surface area contributed by atoms with Gasteiger partial charge >= 0.3 is 0 Å². The molecule has 1 aromatic carbocycles. The van der Waals surface area contributed by atoms with Crippen LogP contribution >= 0.6 is 0 Å². The molecular weight excluding hydrogens is 384 g/mol. The van der Waals surface area contributed by atoms with Gasteiger partial charge in [0.2, 0.25) is 11.8 Å². The van der Waals surface area contributed by atoms with Gasteiger partial charge in [0.1, 0.15) is 17.7 Å². The lowest BCUT2D eigenvalue weighted by Gasteiger charge is -2.40. The van der Waals surface area contributed by atoms with E-state index >= 15 is 0 Å². The van der Waals surface area contributed by atoms with Gasteiger partial charge in [-0.05, 0) is 5.56 Å². The summed E-state index contributed by atoms with van der Waals surface area (Å²) in [5.74, 6) is 1.51. The minimum atomic E-state index is -0.485. The molecule has 1 aromatic heterocycles. The molecule has 1 amide bonds. The number of carbonyl (C=O) groups excluding carboxylic acids is 1. The van der Waals surface area contributed by atoms with Crippen LogP contribution < -0.4 is 9.64 Å². The number of aromatic nitrogens is 2. The number of hydrogen-bond acceptors (Lipinski definition) is 7. The molecule has 3 aliphatic heterocycles. The molecule has 8 heteroatoms. The van der Waals surface area contributed by atoms with Crippen molar-refractivity contribution >= 4 is 11.7 Å². The van der Waals surface area contributed by atoms with E-state index in [1.807, 2.05) is 41.3 Å². The molecule has 5 rings (SSSR count). The number of likely N-dealkylation sites (tertiary alicyclic amines) is 1. The highest BCUT2D eigenvalue weighted by Gasteiger charge is 2.63. The number of aliphatic hydroxyl groups excluding tert-OH is 1. The van der Waals surface area contributed by atoms with Gasteiger partial charge in [-0.2, -0.15) is 0 Å².